The van der Waals surface area contributed by atoms with Crippen LogP contribution in [0.15, 0.2) is 78.9 Å². The molecule has 0 aliphatic heterocycles. The molecule has 0 saturated heterocycles. The number of ether oxygens (including phenoxy) is 1. The van der Waals surface area contributed by atoms with Crippen LogP contribution in [0.3, 0.4) is 0 Å². The van der Waals surface area contributed by atoms with Gasteiger partial charge in [-0.1, -0.05) is 60.7 Å². The predicted octanol–water partition coefficient (Wildman–Crippen LogP) is 8.20. The van der Waals surface area contributed by atoms with Crippen molar-refractivity contribution >= 4 is 17.5 Å². The highest BCUT2D eigenvalue weighted by molar-refractivity contribution is 6.17. The summed E-state index contributed by atoms with van der Waals surface area (Å²) in [7, 11) is 0. The Labute approximate surface area is 258 Å². The third-order valence-corrected chi connectivity index (χ3v) is 8.37. The van der Waals surface area contributed by atoms with Gasteiger partial charge in [0.1, 0.15) is 0 Å². The molecule has 1 fully saturated rings. The van der Waals surface area contributed by atoms with Gasteiger partial charge in [-0.2, -0.15) is 26.3 Å². The summed E-state index contributed by atoms with van der Waals surface area (Å²) in [5.74, 6) is 0.243. The molecule has 1 saturated carbocycles. The van der Waals surface area contributed by atoms with E-state index in [1.807, 2.05) is 60.7 Å². The van der Waals surface area contributed by atoms with Crippen LogP contribution in [0.2, 0.25) is 0 Å². The topological polar surface area (TPSA) is 50.4 Å². The number of hydrogen-bond donors (Lipinski definition) is 2. The molecule has 1 aliphatic carbocycles. The molecule has 2 N–H and O–H groups in total. The molecule has 1 unspecified atom stereocenters. The molecular formula is C33H35ClF6N2O2. The molecule has 4 rings (SSSR count). The fourth-order valence-electron chi connectivity index (χ4n) is 5.80. The molecule has 238 valence electrons. The Bertz CT molecular complexity index is 1340. The van der Waals surface area contributed by atoms with Gasteiger partial charge in [0.2, 0.25) is 5.91 Å². The monoisotopic (exact) mass is 640 g/mol. The third kappa shape index (κ3) is 8.55. The highest BCUT2D eigenvalue weighted by Gasteiger charge is 2.55. The molecule has 44 heavy (non-hydrogen) atoms. The maximum atomic E-state index is 13.5. The van der Waals surface area contributed by atoms with Crippen molar-refractivity contribution in [3.05, 3.63) is 107 Å². The summed E-state index contributed by atoms with van der Waals surface area (Å²) in [6.45, 7) is 2.36. The van der Waals surface area contributed by atoms with Crippen LogP contribution in [-0.4, -0.2) is 30.5 Å². The maximum absolute atomic E-state index is 13.5. The van der Waals surface area contributed by atoms with Crippen molar-refractivity contribution in [2.24, 2.45) is 0 Å². The Hall–Kier alpha value is -3.08. The van der Waals surface area contributed by atoms with Gasteiger partial charge in [0.25, 0.3) is 0 Å². The highest BCUT2D eigenvalue weighted by Crippen LogP contribution is 2.51. The van der Waals surface area contributed by atoms with Crippen LogP contribution >= 0.6 is 11.6 Å². The first-order valence-electron chi connectivity index (χ1n) is 14.3. The average Bonchev–Trinajstić information content (AvgIpc) is 2.98. The molecule has 11 heteroatoms. The SMILES string of the molecule is CC(OCC1(c2ccccc2)CC(CNC(=O)CCCCl)(NCc2ccccc2)C1)c1cc(C(F)(F)F)cc(C(F)(F)F)c1. The molecule has 1 amide bonds. The van der Waals surface area contributed by atoms with E-state index < -0.39 is 40.5 Å². The largest absolute Gasteiger partial charge is 0.416 e. The van der Waals surface area contributed by atoms with E-state index in [-0.39, 0.29) is 24.1 Å². The van der Waals surface area contributed by atoms with E-state index in [1.165, 1.54) is 6.92 Å². The van der Waals surface area contributed by atoms with E-state index >= 15 is 0 Å². The van der Waals surface area contributed by atoms with Crippen LogP contribution in [0.5, 0.6) is 0 Å². The molecule has 4 nitrogen and oxygen atoms in total. The van der Waals surface area contributed by atoms with Crippen LogP contribution in [-0.2, 0) is 33.8 Å². The number of alkyl halides is 7. The lowest BCUT2D eigenvalue weighted by atomic mass is 9.54. The van der Waals surface area contributed by atoms with Crippen molar-refractivity contribution in [1.29, 1.82) is 0 Å². The number of amides is 1. The fourth-order valence-corrected chi connectivity index (χ4v) is 5.93. The zero-order valence-electron chi connectivity index (χ0n) is 24.2. The van der Waals surface area contributed by atoms with Crippen molar-refractivity contribution in [3.63, 3.8) is 0 Å². The lowest BCUT2D eigenvalue weighted by molar-refractivity contribution is -0.143. The van der Waals surface area contributed by atoms with Crippen molar-refractivity contribution in [1.82, 2.24) is 10.6 Å². The number of nitrogens with one attached hydrogen (secondary N) is 2. The minimum atomic E-state index is -4.95. The van der Waals surface area contributed by atoms with Crippen LogP contribution in [0.4, 0.5) is 26.3 Å². The summed E-state index contributed by atoms with van der Waals surface area (Å²) < 4.78 is 87.0. The number of halogens is 7. The molecular weight excluding hydrogens is 606 g/mol. The molecule has 3 aromatic rings. The highest BCUT2D eigenvalue weighted by atomic mass is 35.5. The predicted molar refractivity (Wildman–Crippen MR) is 157 cm³/mol. The third-order valence-electron chi connectivity index (χ3n) is 8.10. The lowest BCUT2D eigenvalue weighted by Gasteiger charge is -2.57. The number of hydrogen-bond acceptors (Lipinski definition) is 3. The molecule has 0 radical (unpaired) electrons. The normalized spacial score (nSPS) is 21.0. The second-order valence-corrected chi connectivity index (χ2v) is 11.9. The minimum absolute atomic E-state index is 0.0464. The van der Waals surface area contributed by atoms with E-state index in [9.17, 15) is 31.1 Å². The summed E-state index contributed by atoms with van der Waals surface area (Å²) in [4.78, 5) is 12.5. The van der Waals surface area contributed by atoms with Gasteiger partial charge in [-0.05, 0) is 61.1 Å². The summed E-state index contributed by atoms with van der Waals surface area (Å²) in [5, 5.41) is 6.61. The van der Waals surface area contributed by atoms with E-state index in [0.29, 0.717) is 56.8 Å². The molecule has 0 bridgehead atoms. The molecule has 0 heterocycles. The van der Waals surface area contributed by atoms with Crippen molar-refractivity contribution in [3.8, 4) is 0 Å². The molecule has 3 aromatic carbocycles. The first-order valence-corrected chi connectivity index (χ1v) is 14.9. The van der Waals surface area contributed by atoms with Gasteiger partial charge in [-0.15, -0.1) is 11.6 Å². The maximum Gasteiger partial charge on any atom is 0.416 e. The zero-order valence-corrected chi connectivity index (χ0v) is 25.0. The molecule has 1 aliphatic rings. The second-order valence-electron chi connectivity index (χ2n) is 11.5. The first-order chi connectivity index (χ1) is 20.8. The quantitative estimate of drug-likeness (QED) is 0.146. The number of benzene rings is 3. The molecule has 0 aromatic heterocycles. The van der Waals surface area contributed by atoms with Crippen LogP contribution < -0.4 is 10.6 Å². The number of carbonyl (C=O) groups excluding carboxylic acids is 1. The lowest BCUT2D eigenvalue weighted by Crippen LogP contribution is -2.68. The summed E-state index contributed by atoms with van der Waals surface area (Å²) in [5.41, 5.74) is -2.13. The van der Waals surface area contributed by atoms with E-state index in [4.69, 9.17) is 16.3 Å². The Morgan fingerprint density at radius 3 is 2.02 bits per heavy atom. The van der Waals surface area contributed by atoms with E-state index in [0.717, 1.165) is 11.1 Å². The smallest absolute Gasteiger partial charge is 0.373 e. The van der Waals surface area contributed by atoms with Crippen molar-refractivity contribution in [2.75, 3.05) is 19.0 Å². The minimum Gasteiger partial charge on any atom is -0.373 e. The van der Waals surface area contributed by atoms with E-state index in [1.54, 1.807) is 0 Å². The Morgan fingerprint density at radius 2 is 1.48 bits per heavy atom. The van der Waals surface area contributed by atoms with Gasteiger partial charge in [-0.25, -0.2) is 0 Å². The van der Waals surface area contributed by atoms with Gasteiger partial charge in [0, 0.05) is 36.3 Å². The molecule has 1 atom stereocenters. The number of rotatable bonds is 13. The molecule has 0 spiro atoms. The van der Waals surface area contributed by atoms with E-state index in [2.05, 4.69) is 10.6 Å². The summed E-state index contributed by atoms with van der Waals surface area (Å²) in [6, 6.07) is 20.7. The zero-order chi connectivity index (χ0) is 32.0. The van der Waals surface area contributed by atoms with Crippen molar-refractivity contribution < 1.29 is 35.9 Å². The summed E-state index contributed by atoms with van der Waals surface area (Å²) in [6.07, 6.45) is -9.10. The standard InChI is InChI=1S/C33H35ClF6N2O2/c1-23(25-15-27(32(35,36)37)17-28(16-25)33(38,39)40)44-22-30(26-11-6-3-7-12-26)19-31(20-30,21-41-29(43)13-8-14-34)42-18-24-9-4-2-5-10-24/h2-7,9-12,15-17,23,42H,8,13-14,18-22H2,1H3,(H,41,43). The van der Waals surface area contributed by atoms with Gasteiger partial charge in [0.05, 0.1) is 23.8 Å². The second kappa shape index (κ2) is 13.9. The summed E-state index contributed by atoms with van der Waals surface area (Å²) >= 11 is 5.75. The van der Waals surface area contributed by atoms with Gasteiger partial charge < -0.3 is 15.4 Å². The van der Waals surface area contributed by atoms with Crippen LogP contribution in [0.25, 0.3) is 0 Å². The van der Waals surface area contributed by atoms with Crippen LogP contribution in [0.1, 0.15) is 66.5 Å². The van der Waals surface area contributed by atoms with Gasteiger partial charge >= 0.3 is 12.4 Å². The van der Waals surface area contributed by atoms with Crippen LogP contribution in [0, 0.1) is 0 Å². The Balaban J connectivity index is 1.58. The average molecular weight is 641 g/mol. The van der Waals surface area contributed by atoms with Gasteiger partial charge in [0.15, 0.2) is 0 Å². The van der Waals surface area contributed by atoms with Gasteiger partial charge in [-0.3, -0.25) is 4.79 Å². The Kier molecular flexibility index (Phi) is 10.7. The number of carbonyl (C=O) groups is 1. The Morgan fingerprint density at radius 1 is 0.909 bits per heavy atom. The fraction of sp³-hybridized carbons (Fsp3) is 0.424. The first kappa shape index (κ1) is 33.8. The van der Waals surface area contributed by atoms with Crippen molar-refractivity contribution in [2.45, 2.75) is 68.6 Å².